The molecular formula is C46H44N2. The van der Waals surface area contributed by atoms with Gasteiger partial charge in [0.2, 0.25) is 0 Å². The third-order valence-corrected chi connectivity index (χ3v) is 9.54. The van der Waals surface area contributed by atoms with E-state index in [9.17, 15) is 0 Å². The van der Waals surface area contributed by atoms with Crippen molar-refractivity contribution < 1.29 is 0 Å². The van der Waals surface area contributed by atoms with Crippen molar-refractivity contribution in [2.45, 2.75) is 53.4 Å². The molecule has 0 radical (unpaired) electrons. The van der Waals surface area contributed by atoms with Crippen LogP contribution < -0.4 is 9.80 Å². The number of fused-ring (bicyclic) bond motifs is 2. The van der Waals surface area contributed by atoms with Crippen LogP contribution in [0.25, 0.3) is 21.5 Å². The van der Waals surface area contributed by atoms with Crippen LogP contribution in [-0.4, -0.2) is 0 Å². The highest BCUT2D eigenvalue weighted by Crippen LogP contribution is 2.51. The van der Waals surface area contributed by atoms with E-state index in [0.717, 1.165) is 22.7 Å². The zero-order valence-corrected chi connectivity index (χ0v) is 28.9. The van der Waals surface area contributed by atoms with Crippen LogP contribution in [0.5, 0.6) is 0 Å². The Kier molecular flexibility index (Phi) is 8.50. The lowest BCUT2D eigenvalue weighted by Gasteiger charge is -2.33. The van der Waals surface area contributed by atoms with Crippen molar-refractivity contribution in [1.29, 1.82) is 0 Å². The molecule has 0 fully saturated rings. The Morgan fingerprint density at radius 2 is 0.583 bits per heavy atom. The summed E-state index contributed by atoms with van der Waals surface area (Å²) in [6.07, 6.45) is 0. The van der Waals surface area contributed by atoms with Gasteiger partial charge in [0.1, 0.15) is 0 Å². The second-order valence-corrected chi connectivity index (χ2v) is 13.6. The minimum Gasteiger partial charge on any atom is -0.309 e. The van der Waals surface area contributed by atoms with Crippen LogP contribution in [-0.2, 0) is 0 Å². The average molecular weight is 625 g/mol. The lowest BCUT2D eigenvalue weighted by Crippen LogP contribution is -2.14. The van der Waals surface area contributed by atoms with Crippen LogP contribution in [0.3, 0.4) is 0 Å². The maximum absolute atomic E-state index is 2.45. The Morgan fingerprint density at radius 1 is 0.333 bits per heavy atom. The van der Waals surface area contributed by atoms with E-state index >= 15 is 0 Å². The van der Waals surface area contributed by atoms with Gasteiger partial charge in [-0.2, -0.15) is 0 Å². The Morgan fingerprint density at radius 3 is 0.833 bits per heavy atom. The highest BCUT2D eigenvalue weighted by molar-refractivity contribution is 6.23. The van der Waals surface area contributed by atoms with Gasteiger partial charge in [-0.3, -0.25) is 0 Å². The number of hydrogen-bond donors (Lipinski definition) is 0. The summed E-state index contributed by atoms with van der Waals surface area (Å²) in [7, 11) is 0. The van der Waals surface area contributed by atoms with Gasteiger partial charge in [-0.15, -0.1) is 0 Å². The Labute approximate surface area is 285 Å². The molecule has 0 bridgehead atoms. The SMILES string of the molecule is Cc1ccc(N(c2ccc(C(C)C)cc2)c2c3ccccc3c(N(c3ccc(C)cc3)c3ccc(C(C)C)cc3)c3ccccc23)cc1. The first-order chi connectivity index (χ1) is 23.3. The van der Waals surface area contributed by atoms with E-state index < -0.39 is 0 Å². The van der Waals surface area contributed by atoms with Gasteiger partial charge in [0.05, 0.1) is 11.4 Å². The Hall–Kier alpha value is -5.34. The minimum atomic E-state index is 0.468. The van der Waals surface area contributed by atoms with Crippen molar-refractivity contribution in [3.63, 3.8) is 0 Å². The van der Waals surface area contributed by atoms with Gasteiger partial charge in [0.15, 0.2) is 0 Å². The second kappa shape index (κ2) is 13.0. The zero-order valence-electron chi connectivity index (χ0n) is 28.9. The zero-order chi connectivity index (χ0) is 33.4. The van der Waals surface area contributed by atoms with E-state index in [0.29, 0.717) is 11.8 Å². The molecule has 48 heavy (non-hydrogen) atoms. The molecule has 0 amide bonds. The van der Waals surface area contributed by atoms with Crippen LogP contribution in [0, 0.1) is 13.8 Å². The Balaban J connectivity index is 1.56. The summed E-state index contributed by atoms with van der Waals surface area (Å²) in [5.74, 6) is 0.936. The van der Waals surface area contributed by atoms with Gasteiger partial charge in [-0.25, -0.2) is 0 Å². The summed E-state index contributed by atoms with van der Waals surface area (Å²) in [5, 5.41) is 4.82. The maximum Gasteiger partial charge on any atom is 0.0619 e. The monoisotopic (exact) mass is 624 g/mol. The standard InChI is InChI=1S/C46H44N2/c1-31(2)35-19-27-39(28-20-35)47(37-23-15-33(5)16-24-37)45-41-11-7-9-13-43(41)46(44-14-10-8-12-42(44)45)48(38-25-17-34(6)18-26-38)40-29-21-36(22-30-40)32(3)4/h7-32H,1-6H3. The number of nitrogens with zero attached hydrogens (tertiary/aromatic N) is 2. The predicted octanol–water partition coefficient (Wildman–Crippen LogP) is 13.8. The van der Waals surface area contributed by atoms with Crippen molar-refractivity contribution in [1.82, 2.24) is 0 Å². The van der Waals surface area contributed by atoms with Gasteiger partial charge in [-0.1, -0.05) is 136 Å². The van der Waals surface area contributed by atoms with Gasteiger partial charge >= 0.3 is 0 Å². The van der Waals surface area contributed by atoms with Crippen LogP contribution in [0.15, 0.2) is 146 Å². The first-order valence-electron chi connectivity index (χ1n) is 17.2. The van der Waals surface area contributed by atoms with E-state index in [2.05, 4.69) is 197 Å². The summed E-state index contributed by atoms with van der Waals surface area (Å²) in [6, 6.07) is 53.9. The van der Waals surface area contributed by atoms with Crippen LogP contribution in [0.4, 0.5) is 34.1 Å². The van der Waals surface area contributed by atoms with Gasteiger partial charge in [-0.05, 0) is 85.3 Å². The molecular weight excluding hydrogens is 581 g/mol. The largest absolute Gasteiger partial charge is 0.309 e. The lowest BCUT2D eigenvalue weighted by atomic mass is 9.94. The third-order valence-electron chi connectivity index (χ3n) is 9.54. The maximum atomic E-state index is 2.45. The molecule has 0 saturated heterocycles. The summed E-state index contributed by atoms with van der Waals surface area (Å²) in [4.78, 5) is 4.90. The average Bonchev–Trinajstić information content (AvgIpc) is 3.11. The molecule has 7 aromatic rings. The first kappa shape index (κ1) is 31.3. The molecule has 0 atom stereocenters. The second-order valence-electron chi connectivity index (χ2n) is 13.6. The molecule has 0 N–H and O–H groups in total. The molecule has 7 aromatic carbocycles. The number of benzene rings is 7. The number of rotatable bonds is 8. The molecule has 0 unspecified atom stereocenters. The molecule has 0 aliphatic heterocycles. The summed E-state index contributed by atoms with van der Waals surface area (Å²) >= 11 is 0. The molecule has 0 aliphatic rings. The molecule has 2 heteroatoms. The fraction of sp³-hybridized carbons (Fsp3) is 0.174. The van der Waals surface area contributed by atoms with E-state index in [1.807, 2.05) is 0 Å². The molecule has 0 aromatic heterocycles. The van der Waals surface area contributed by atoms with Gasteiger partial charge in [0.25, 0.3) is 0 Å². The Bertz CT molecular complexity index is 1960. The predicted molar refractivity (Wildman–Crippen MR) is 208 cm³/mol. The van der Waals surface area contributed by atoms with E-state index in [1.54, 1.807) is 0 Å². The normalized spacial score (nSPS) is 11.5. The summed E-state index contributed by atoms with van der Waals surface area (Å²) < 4.78 is 0. The molecule has 2 nitrogen and oxygen atoms in total. The van der Waals surface area contributed by atoms with E-state index in [-0.39, 0.29) is 0 Å². The topological polar surface area (TPSA) is 6.48 Å². The fourth-order valence-corrected chi connectivity index (χ4v) is 6.78. The molecule has 7 rings (SSSR count). The van der Waals surface area contributed by atoms with Crippen molar-refractivity contribution in [3.8, 4) is 0 Å². The lowest BCUT2D eigenvalue weighted by molar-refractivity contribution is 0.866. The van der Waals surface area contributed by atoms with E-state index in [4.69, 9.17) is 0 Å². The van der Waals surface area contributed by atoms with Crippen molar-refractivity contribution in [2.75, 3.05) is 9.80 Å². The van der Waals surface area contributed by atoms with Crippen molar-refractivity contribution in [3.05, 3.63) is 168 Å². The number of anilines is 6. The first-order valence-corrected chi connectivity index (χ1v) is 17.2. The van der Waals surface area contributed by atoms with Gasteiger partial charge in [0, 0.05) is 44.3 Å². The summed E-state index contributed by atoms with van der Waals surface area (Å²) in [6.45, 7) is 13.3. The van der Waals surface area contributed by atoms with Crippen LogP contribution in [0.1, 0.15) is 61.8 Å². The van der Waals surface area contributed by atoms with E-state index in [1.165, 1.54) is 55.2 Å². The van der Waals surface area contributed by atoms with Crippen molar-refractivity contribution >= 4 is 55.7 Å². The van der Waals surface area contributed by atoms with Crippen molar-refractivity contribution in [2.24, 2.45) is 0 Å². The quantitative estimate of drug-likeness (QED) is 0.123. The van der Waals surface area contributed by atoms with Gasteiger partial charge < -0.3 is 9.80 Å². The minimum absolute atomic E-state index is 0.468. The highest BCUT2D eigenvalue weighted by Gasteiger charge is 2.25. The molecule has 0 spiro atoms. The molecule has 0 saturated carbocycles. The summed E-state index contributed by atoms with van der Waals surface area (Å²) in [5.41, 5.74) is 12.1. The molecule has 0 aliphatic carbocycles. The number of hydrogen-bond acceptors (Lipinski definition) is 2. The van der Waals surface area contributed by atoms with Crippen LogP contribution >= 0.6 is 0 Å². The number of aryl methyl sites for hydroxylation is 2. The smallest absolute Gasteiger partial charge is 0.0619 e. The fourth-order valence-electron chi connectivity index (χ4n) is 6.78. The molecule has 238 valence electrons. The highest BCUT2D eigenvalue weighted by atomic mass is 15.2. The molecule has 0 heterocycles. The van der Waals surface area contributed by atoms with Crippen LogP contribution in [0.2, 0.25) is 0 Å². The third kappa shape index (κ3) is 5.84.